The predicted octanol–water partition coefficient (Wildman–Crippen LogP) is 4.76. The molecule has 1 amide bonds. The monoisotopic (exact) mass is 440 g/mol. The Morgan fingerprint density at radius 2 is 1.73 bits per heavy atom. The minimum absolute atomic E-state index is 0.0362. The quantitative estimate of drug-likeness (QED) is 0.587. The molecule has 5 nitrogen and oxygen atoms in total. The van der Waals surface area contributed by atoms with E-state index < -0.39 is 10.0 Å². The molecular formula is C23H21ClN2O3S. The Balaban J connectivity index is 1.66. The third-order valence-electron chi connectivity index (χ3n) is 5.35. The molecule has 0 radical (unpaired) electrons. The van der Waals surface area contributed by atoms with Gasteiger partial charge in [0.25, 0.3) is 15.9 Å². The van der Waals surface area contributed by atoms with Gasteiger partial charge in [-0.1, -0.05) is 35.9 Å². The molecule has 0 N–H and O–H groups in total. The lowest BCUT2D eigenvalue weighted by Crippen LogP contribution is -2.36. The van der Waals surface area contributed by atoms with Crippen molar-refractivity contribution < 1.29 is 13.2 Å². The smallest absolute Gasteiger partial charge is 0.264 e. The Morgan fingerprint density at radius 3 is 2.47 bits per heavy atom. The molecule has 1 atom stereocenters. The second-order valence-electron chi connectivity index (χ2n) is 7.33. The van der Waals surface area contributed by atoms with Crippen LogP contribution in [0.5, 0.6) is 0 Å². The molecule has 0 aromatic heterocycles. The number of anilines is 2. The number of halogens is 1. The van der Waals surface area contributed by atoms with Crippen LogP contribution in [0.25, 0.3) is 0 Å². The number of benzene rings is 3. The summed E-state index contributed by atoms with van der Waals surface area (Å²) in [5.74, 6) is -0.147. The van der Waals surface area contributed by atoms with Crippen molar-refractivity contribution in [3.8, 4) is 0 Å². The molecule has 3 aromatic rings. The third-order valence-corrected chi connectivity index (χ3v) is 7.41. The van der Waals surface area contributed by atoms with Gasteiger partial charge in [0.15, 0.2) is 0 Å². The van der Waals surface area contributed by atoms with Gasteiger partial charge in [0.2, 0.25) is 0 Å². The number of nitrogens with zero attached hydrogens (tertiary/aromatic N) is 2. The maximum absolute atomic E-state index is 13.3. The van der Waals surface area contributed by atoms with E-state index in [1.54, 1.807) is 29.2 Å². The number of para-hydroxylation sites is 1. The molecule has 154 valence electrons. The van der Waals surface area contributed by atoms with E-state index >= 15 is 0 Å². The highest BCUT2D eigenvalue weighted by atomic mass is 35.5. The van der Waals surface area contributed by atoms with Crippen LogP contribution >= 0.6 is 11.6 Å². The summed E-state index contributed by atoms with van der Waals surface area (Å²) >= 11 is 5.87. The summed E-state index contributed by atoms with van der Waals surface area (Å²) in [7, 11) is -2.31. The zero-order valence-electron chi connectivity index (χ0n) is 16.6. The van der Waals surface area contributed by atoms with Crippen LogP contribution in [0, 0.1) is 0 Å². The first kappa shape index (κ1) is 20.4. The van der Waals surface area contributed by atoms with Gasteiger partial charge in [-0.3, -0.25) is 9.10 Å². The summed E-state index contributed by atoms with van der Waals surface area (Å²) in [6.07, 6.45) is 0.798. The van der Waals surface area contributed by atoms with Gasteiger partial charge in [0.05, 0.1) is 10.6 Å². The molecule has 1 unspecified atom stereocenters. The van der Waals surface area contributed by atoms with Crippen LogP contribution in [-0.4, -0.2) is 27.4 Å². The zero-order valence-corrected chi connectivity index (χ0v) is 18.2. The van der Waals surface area contributed by atoms with Crippen LogP contribution in [0.3, 0.4) is 0 Å². The summed E-state index contributed by atoms with van der Waals surface area (Å²) in [6, 6.07) is 20.6. The number of fused-ring (bicyclic) bond motifs is 1. The second-order valence-corrected chi connectivity index (χ2v) is 9.74. The number of sulfonamides is 1. The fourth-order valence-electron chi connectivity index (χ4n) is 3.75. The van der Waals surface area contributed by atoms with E-state index in [2.05, 4.69) is 0 Å². The highest BCUT2D eigenvalue weighted by Crippen LogP contribution is 2.33. The second kappa shape index (κ2) is 7.78. The molecule has 0 bridgehead atoms. The molecule has 1 aliphatic rings. The van der Waals surface area contributed by atoms with E-state index in [-0.39, 0.29) is 16.8 Å². The van der Waals surface area contributed by atoms with Crippen molar-refractivity contribution in [1.29, 1.82) is 0 Å². The molecule has 0 saturated carbocycles. The Bertz CT molecular complexity index is 1210. The average molecular weight is 441 g/mol. The van der Waals surface area contributed by atoms with Crippen molar-refractivity contribution >= 4 is 38.9 Å². The van der Waals surface area contributed by atoms with E-state index in [1.165, 1.54) is 35.6 Å². The molecule has 7 heteroatoms. The van der Waals surface area contributed by atoms with Gasteiger partial charge in [-0.05, 0) is 67.4 Å². The van der Waals surface area contributed by atoms with Crippen molar-refractivity contribution in [1.82, 2.24) is 0 Å². The summed E-state index contributed by atoms with van der Waals surface area (Å²) in [5, 5.41) is 0.462. The van der Waals surface area contributed by atoms with Gasteiger partial charge in [-0.25, -0.2) is 8.42 Å². The van der Waals surface area contributed by atoms with E-state index in [4.69, 9.17) is 11.6 Å². The highest BCUT2D eigenvalue weighted by Gasteiger charge is 2.31. The molecule has 0 spiro atoms. The number of rotatable bonds is 4. The maximum atomic E-state index is 13.3. The van der Waals surface area contributed by atoms with Crippen molar-refractivity contribution in [2.45, 2.75) is 24.3 Å². The summed E-state index contributed by atoms with van der Waals surface area (Å²) in [4.78, 5) is 15.2. The number of carbonyl (C=O) groups excluding carboxylic acids is 1. The maximum Gasteiger partial charge on any atom is 0.264 e. The molecule has 1 aliphatic heterocycles. The van der Waals surface area contributed by atoms with Crippen molar-refractivity contribution in [3.05, 3.63) is 88.9 Å². The van der Waals surface area contributed by atoms with Crippen LogP contribution in [0.4, 0.5) is 11.4 Å². The number of hydrogen-bond donors (Lipinski definition) is 0. The first-order valence-electron chi connectivity index (χ1n) is 9.55. The number of amides is 1. The van der Waals surface area contributed by atoms with Gasteiger partial charge in [-0.15, -0.1) is 0 Å². The lowest BCUT2D eigenvalue weighted by Gasteiger charge is -2.24. The molecule has 1 heterocycles. The zero-order chi connectivity index (χ0) is 21.5. The Labute approximate surface area is 181 Å². The highest BCUT2D eigenvalue weighted by molar-refractivity contribution is 7.92. The molecule has 0 fully saturated rings. The van der Waals surface area contributed by atoms with Gasteiger partial charge < -0.3 is 4.90 Å². The normalized spacial score (nSPS) is 15.7. The molecule has 3 aromatic carbocycles. The summed E-state index contributed by atoms with van der Waals surface area (Å²) in [6.45, 7) is 2.01. The molecule has 4 rings (SSSR count). The van der Waals surface area contributed by atoms with Gasteiger partial charge in [0, 0.05) is 29.4 Å². The summed E-state index contributed by atoms with van der Waals surface area (Å²) in [5.41, 5.74) is 2.89. The average Bonchev–Trinajstić information content (AvgIpc) is 3.08. The number of carbonyl (C=O) groups is 1. The van der Waals surface area contributed by atoms with Gasteiger partial charge in [-0.2, -0.15) is 0 Å². The van der Waals surface area contributed by atoms with Crippen LogP contribution in [0.1, 0.15) is 22.8 Å². The Morgan fingerprint density at radius 1 is 1.03 bits per heavy atom. The largest absolute Gasteiger partial charge is 0.305 e. The van der Waals surface area contributed by atoms with E-state index in [9.17, 15) is 13.2 Å². The minimum atomic E-state index is -3.78. The van der Waals surface area contributed by atoms with E-state index in [1.807, 2.05) is 31.2 Å². The van der Waals surface area contributed by atoms with Crippen molar-refractivity contribution in [2.24, 2.45) is 0 Å². The van der Waals surface area contributed by atoms with Crippen LogP contribution in [0.2, 0.25) is 5.02 Å². The van der Waals surface area contributed by atoms with E-state index in [0.717, 1.165) is 17.7 Å². The standard InChI is InChI=1S/C23H21ClN2O3S/c1-16-14-17-6-3-4-9-22(17)26(16)23(27)18-7-5-8-20(15-18)25(2)30(28,29)21-12-10-19(24)11-13-21/h3-13,15-16H,14H2,1-2H3. The molecular weight excluding hydrogens is 420 g/mol. The van der Waals surface area contributed by atoms with Crippen LogP contribution < -0.4 is 9.21 Å². The molecule has 0 aliphatic carbocycles. The topological polar surface area (TPSA) is 57.7 Å². The van der Waals surface area contributed by atoms with Crippen LogP contribution in [-0.2, 0) is 16.4 Å². The van der Waals surface area contributed by atoms with Gasteiger partial charge >= 0.3 is 0 Å². The predicted molar refractivity (Wildman–Crippen MR) is 120 cm³/mol. The fourth-order valence-corrected chi connectivity index (χ4v) is 5.07. The third kappa shape index (κ3) is 3.57. The summed E-state index contributed by atoms with van der Waals surface area (Å²) < 4.78 is 27.1. The van der Waals surface area contributed by atoms with Gasteiger partial charge in [0.1, 0.15) is 0 Å². The lowest BCUT2D eigenvalue weighted by atomic mass is 10.1. The van der Waals surface area contributed by atoms with Crippen molar-refractivity contribution in [2.75, 3.05) is 16.3 Å². The SMILES string of the molecule is CC1Cc2ccccc2N1C(=O)c1cccc(N(C)S(=O)(=O)c2ccc(Cl)cc2)c1. The van der Waals surface area contributed by atoms with E-state index in [0.29, 0.717) is 16.3 Å². The lowest BCUT2D eigenvalue weighted by molar-refractivity contribution is 0.0981. The first-order chi connectivity index (χ1) is 14.3. The Hall–Kier alpha value is -2.83. The van der Waals surface area contributed by atoms with Crippen LogP contribution in [0.15, 0.2) is 77.7 Å². The number of hydrogen-bond acceptors (Lipinski definition) is 3. The van der Waals surface area contributed by atoms with Crippen molar-refractivity contribution in [3.63, 3.8) is 0 Å². The molecule has 0 saturated heterocycles. The fraction of sp³-hybridized carbons (Fsp3) is 0.174. The Kier molecular flexibility index (Phi) is 5.30. The minimum Gasteiger partial charge on any atom is -0.305 e. The molecule has 30 heavy (non-hydrogen) atoms. The first-order valence-corrected chi connectivity index (χ1v) is 11.4.